The minimum absolute atomic E-state index is 0.187. The quantitative estimate of drug-likeness (QED) is 0.870. The van der Waals surface area contributed by atoms with Crippen molar-refractivity contribution in [3.05, 3.63) is 28.5 Å². The highest BCUT2D eigenvalue weighted by Gasteiger charge is 2.17. The molecule has 0 saturated carbocycles. The van der Waals surface area contributed by atoms with Gasteiger partial charge >= 0.3 is 0 Å². The molecular formula is C14H16F2N2OS. The number of benzene rings is 1. The van der Waals surface area contributed by atoms with Gasteiger partial charge in [0.25, 0.3) is 0 Å². The lowest BCUT2D eigenvalue weighted by molar-refractivity contribution is 0.00890. The van der Waals surface area contributed by atoms with Crippen LogP contribution >= 0.6 is 12.2 Å². The molecule has 1 fully saturated rings. The number of rotatable bonds is 3. The third-order valence-electron chi connectivity index (χ3n) is 3.77. The van der Waals surface area contributed by atoms with Gasteiger partial charge in [-0.15, -0.1) is 0 Å². The Morgan fingerprint density at radius 3 is 2.95 bits per heavy atom. The highest BCUT2D eigenvalue weighted by Crippen LogP contribution is 2.22. The van der Waals surface area contributed by atoms with Crippen LogP contribution in [-0.2, 0) is 11.3 Å². The van der Waals surface area contributed by atoms with Gasteiger partial charge in [-0.2, -0.15) is 0 Å². The highest BCUT2D eigenvalue weighted by molar-refractivity contribution is 7.71. The summed E-state index contributed by atoms with van der Waals surface area (Å²) in [5.41, 5.74) is 0.740. The maximum atomic E-state index is 13.9. The van der Waals surface area contributed by atoms with Crippen molar-refractivity contribution in [2.75, 3.05) is 6.61 Å². The van der Waals surface area contributed by atoms with E-state index in [1.165, 1.54) is 6.07 Å². The Balaban J connectivity index is 1.88. The molecule has 1 aromatic heterocycles. The maximum absolute atomic E-state index is 13.9. The van der Waals surface area contributed by atoms with Crippen molar-refractivity contribution in [3.63, 3.8) is 0 Å². The van der Waals surface area contributed by atoms with Crippen LogP contribution < -0.4 is 0 Å². The van der Waals surface area contributed by atoms with Gasteiger partial charge in [-0.1, -0.05) is 0 Å². The zero-order valence-electron chi connectivity index (χ0n) is 11.0. The summed E-state index contributed by atoms with van der Waals surface area (Å²) in [5.74, 6) is -1.70. The molecule has 2 aromatic rings. The molecule has 20 heavy (non-hydrogen) atoms. The maximum Gasteiger partial charge on any atom is 0.184 e. The fourth-order valence-corrected chi connectivity index (χ4v) is 3.00. The molecule has 3 rings (SSSR count). The predicted octanol–water partition coefficient (Wildman–Crippen LogP) is 3.94. The first-order valence-electron chi connectivity index (χ1n) is 6.85. The number of nitrogens with zero attached hydrogens (tertiary/aromatic N) is 1. The molecule has 0 bridgehead atoms. The average Bonchev–Trinajstić information content (AvgIpc) is 2.78. The third-order valence-corrected chi connectivity index (χ3v) is 4.10. The van der Waals surface area contributed by atoms with Gasteiger partial charge in [-0.3, -0.25) is 0 Å². The van der Waals surface area contributed by atoms with Crippen LogP contribution in [0.15, 0.2) is 12.1 Å². The van der Waals surface area contributed by atoms with E-state index in [9.17, 15) is 8.78 Å². The Morgan fingerprint density at radius 2 is 2.20 bits per heavy atom. The predicted molar refractivity (Wildman–Crippen MR) is 75.2 cm³/mol. The number of aromatic nitrogens is 2. The van der Waals surface area contributed by atoms with Gasteiger partial charge in [0.1, 0.15) is 5.52 Å². The van der Waals surface area contributed by atoms with Crippen molar-refractivity contribution in [1.82, 2.24) is 9.55 Å². The molecular weight excluding hydrogens is 282 g/mol. The number of H-pyrrole nitrogens is 1. The molecule has 1 atom stereocenters. The van der Waals surface area contributed by atoms with E-state index in [-0.39, 0.29) is 11.6 Å². The molecule has 1 aliphatic rings. The smallest absolute Gasteiger partial charge is 0.184 e. The van der Waals surface area contributed by atoms with Crippen LogP contribution in [0.25, 0.3) is 11.0 Å². The Hall–Kier alpha value is -1.27. The van der Waals surface area contributed by atoms with Crippen molar-refractivity contribution in [3.8, 4) is 0 Å². The van der Waals surface area contributed by atoms with Crippen molar-refractivity contribution < 1.29 is 13.5 Å². The fraction of sp³-hybridized carbons (Fsp3) is 0.500. The Kier molecular flexibility index (Phi) is 3.85. The molecule has 1 N–H and O–H groups in total. The van der Waals surface area contributed by atoms with Gasteiger partial charge in [-0.25, -0.2) is 8.78 Å². The van der Waals surface area contributed by atoms with Gasteiger partial charge in [0, 0.05) is 13.2 Å². The summed E-state index contributed by atoms with van der Waals surface area (Å²) >= 11 is 5.20. The fourth-order valence-electron chi connectivity index (χ4n) is 2.71. The zero-order valence-corrected chi connectivity index (χ0v) is 11.8. The molecule has 6 heteroatoms. The van der Waals surface area contributed by atoms with Gasteiger partial charge in [0.05, 0.1) is 11.6 Å². The van der Waals surface area contributed by atoms with Crippen LogP contribution in [0.3, 0.4) is 0 Å². The van der Waals surface area contributed by atoms with E-state index in [1.807, 2.05) is 0 Å². The molecule has 0 radical (unpaired) electrons. The molecule has 0 spiro atoms. The van der Waals surface area contributed by atoms with Crippen LogP contribution in [0.4, 0.5) is 8.78 Å². The lowest BCUT2D eigenvalue weighted by Crippen LogP contribution is -2.20. The van der Waals surface area contributed by atoms with Gasteiger partial charge < -0.3 is 14.3 Å². The monoisotopic (exact) mass is 298 g/mol. The first kappa shape index (κ1) is 13.7. The number of halogens is 2. The van der Waals surface area contributed by atoms with E-state index in [0.717, 1.165) is 38.4 Å². The van der Waals surface area contributed by atoms with Crippen molar-refractivity contribution >= 4 is 23.3 Å². The lowest BCUT2D eigenvalue weighted by Gasteiger charge is -2.22. The largest absolute Gasteiger partial charge is 0.378 e. The van der Waals surface area contributed by atoms with Crippen LogP contribution in [0.1, 0.15) is 25.7 Å². The third kappa shape index (κ3) is 2.50. The van der Waals surface area contributed by atoms with Gasteiger partial charge in [0.2, 0.25) is 0 Å². The molecule has 0 amide bonds. The van der Waals surface area contributed by atoms with Crippen molar-refractivity contribution in [1.29, 1.82) is 0 Å². The number of hydrogen-bond acceptors (Lipinski definition) is 2. The SMILES string of the molecule is Fc1ccc2[nH]c(=S)n(CCC3CCCCO3)c2c1F. The van der Waals surface area contributed by atoms with E-state index in [4.69, 9.17) is 17.0 Å². The molecule has 2 heterocycles. The minimum Gasteiger partial charge on any atom is -0.378 e. The number of nitrogens with one attached hydrogen (secondary N) is 1. The molecule has 108 valence electrons. The molecule has 0 aliphatic carbocycles. The Labute approximate surface area is 120 Å². The second-order valence-corrected chi connectivity index (χ2v) is 5.50. The average molecular weight is 298 g/mol. The molecule has 1 aliphatic heterocycles. The minimum atomic E-state index is -0.853. The summed E-state index contributed by atoms with van der Waals surface area (Å²) in [6.07, 6.45) is 4.23. The van der Waals surface area contributed by atoms with E-state index in [0.29, 0.717) is 16.8 Å². The first-order valence-corrected chi connectivity index (χ1v) is 7.26. The van der Waals surface area contributed by atoms with E-state index in [1.54, 1.807) is 4.57 Å². The van der Waals surface area contributed by atoms with Crippen LogP contribution in [0.5, 0.6) is 0 Å². The molecule has 1 unspecified atom stereocenters. The second kappa shape index (κ2) is 5.61. The Morgan fingerprint density at radius 1 is 1.35 bits per heavy atom. The van der Waals surface area contributed by atoms with E-state index < -0.39 is 11.6 Å². The summed E-state index contributed by atoms with van der Waals surface area (Å²) in [6.45, 7) is 1.32. The van der Waals surface area contributed by atoms with Crippen molar-refractivity contribution in [2.45, 2.75) is 38.3 Å². The van der Waals surface area contributed by atoms with Crippen LogP contribution in [0.2, 0.25) is 0 Å². The van der Waals surface area contributed by atoms with Crippen molar-refractivity contribution in [2.24, 2.45) is 0 Å². The number of fused-ring (bicyclic) bond motifs is 1. The second-order valence-electron chi connectivity index (χ2n) is 5.12. The zero-order chi connectivity index (χ0) is 14.1. The number of imidazole rings is 1. The van der Waals surface area contributed by atoms with Gasteiger partial charge in [-0.05, 0) is 50.0 Å². The summed E-state index contributed by atoms with van der Waals surface area (Å²) in [5, 5.41) is 0. The summed E-state index contributed by atoms with van der Waals surface area (Å²) in [7, 11) is 0. The number of hydrogen-bond donors (Lipinski definition) is 1. The number of ether oxygens (including phenoxy) is 1. The van der Waals surface area contributed by atoms with E-state index >= 15 is 0 Å². The highest BCUT2D eigenvalue weighted by atomic mass is 32.1. The molecule has 1 aromatic carbocycles. The van der Waals surface area contributed by atoms with Crippen LogP contribution in [0, 0.1) is 16.4 Å². The van der Waals surface area contributed by atoms with Crippen LogP contribution in [-0.4, -0.2) is 22.3 Å². The summed E-state index contributed by atoms with van der Waals surface area (Å²) < 4.78 is 35.0. The Bertz CT molecular complexity index is 674. The lowest BCUT2D eigenvalue weighted by atomic mass is 10.1. The first-order chi connectivity index (χ1) is 9.66. The standard InChI is InChI=1S/C14H16F2N2OS/c15-10-4-5-11-13(12(10)16)18(14(20)17-11)7-6-9-3-1-2-8-19-9/h4-5,9H,1-3,6-8H2,(H,17,20). The van der Waals surface area contributed by atoms with Gasteiger partial charge in [0.15, 0.2) is 16.4 Å². The van der Waals surface area contributed by atoms with E-state index in [2.05, 4.69) is 4.98 Å². The topological polar surface area (TPSA) is 29.9 Å². The molecule has 3 nitrogen and oxygen atoms in total. The summed E-state index contributed by atoms with van der Waals surface area (Å²) in [4.78, 5) is 2.91. The number of aromatic amines is 1. The number of aryl methyl sites for hydroxylation is 1. The molecule has 1 saturated heterocycles. The normalized spacial score (nSPS) is 19.6. The summed E-state index contributed by atoms with van der Waals surface area (Å²) in [6, 6.07) is 2.62.